The SMILES string of the molecule is CC(C)Oc1ccc(C(=O)N2CCOCC2)cc1N. The molecule has 0 bridgehead atoms. The monoisotopic (exact) mass is 264 g/mol. The highest BCUT2D eigenvalue weighted by Gasteiger charge is 2.19. The van der Waals surface area contributed by atoms with Gasteiger partial charge >= 0.3 is 0 Å². The normalized spacial score (nSPS) is 15.6. The van der Waals surface area contributed by atoms with Crippen molar-refractivity contribution in [2.45, 2.75) is 20.0 Å². The van der Waals surface area contributed by atoms with Gasteiger partial charge in [0, 0.05) is 18.7 Å². The van der Waals surface area contributed by atoms with Gasteiger partial charge in [0.1, 0.15) is 5.75 Å². The summed E-state index contributed by atoms with van der Waals surface area (Å²) < 4.78 is 10.8. The summed E-state index contributed by atoms with van der Waals surface area (Å²) in [6.45, 7) is 6.32. The smallest absolute Gasteiger partial charge is 0.254 e. The molecule has 1 aliphatic heterocycles. The summed E-state index contributed by atoms with van der Waals surface area (Å²) in [6.07, 6.45) is 0.0584. The molecule has 0 unspecified atom stereocenters. The van der Waals surface area contributed by atoms with Gasteiger partial charge in [0.25, 0.3) is 5.91 Å². The van der Waals surface area contributed by atoms with Crippen LogP contribution >= 0.6 is 0 Å². The molecule has 0 radical (unpaired) electrons. The quantitative estimate of drug-likeness (QED) is 0.841. The number of benzene rings is 1. The number of hydrogen-bond acceptors (Lipinski definition) is 4. The first-order valence-corrected chi connectivity index (χ1v) is 6.51. The molecule has 1 amide bonds. The predicted molar refractivity (Wildman–Crippen MR) is 73.3 cm³/mol. The van der Waals surface area contributed by atoms with Crippen LogP contribution < -0.4 is 10.5 Å². The van der Waals surface area contributed by atoms with Gasteiger partial charge in [-0.2, -0.15) is 0 Å². The first-order chi connectivity index (χ1) is 9.08. The van der Waals surface area contributed by atoms with Crippen LogP contribution in [0.4, 0.5) is 5.69 Å². The predicted octanol–water partition coefficient (Wildman–Crippen LogP) is 1.53. The third-order valence-electron chi connectivity index (χ3n) is 2.92. The summed E-state index contributed by atoms with van der Waals surface area (Å²) in [7, 11) is 0. The first-order valence-electron chi connectivity index (χ1n) is 6.51. The number of carbonyl (C=O) groups excluding carboxylic acids is 1. The fraction of sp³-hybridized carbons (Fsp3) is 0.500. The zero-order valence-corrected chi connectivity index (χ0v) is 11.4. The van der Waals surface area contributed by atoms with Crippen molar-refractivity contribution >= 4 is 11.6 Å². The van der Waals surface area contributed by atoms with E-state index in [-0.39, 0.29) is 12.0 Å². The molecular weight excluding hydrogens is 244 g/mol. The largest absolute Gasteiger partial charge is 0.489 e. The number of nitrogen functional groups attached to an aromatic ring is 1. The lowest BCUT2D eigenvalue weighted by molar-refractivity contribution is 0.0303. The fourth-order valence-corrected chi connectivity index (χ4v) is 1.99. The number of nitrogens with zero attached hydrogens (tertiary/aromatic N) is 1. The molecule has 1 fully saturated rings. The second-order valence-electron chi connectivity index (χ2n) is 4.82. The highest BCUT2D eigenvalue weighted by atomic mass is 16.5. The van der Waals surface area contributed by atoms with E-state index in [9.17, 15) is 4.79 Å². The Balaban J connectivity index is 2.12. The average Bonchev–Trinajstić information content (AvgIpc) is 2.41. The van der Waals surface area contributed by atoms with Crippen molar-refractivity contribution in [2.75, 3.05) is 32.0 Å². The summed E-state index contributed by atoms with van der Waals surface area (Å²) in [5, 5.41) is 0. The van der Waals surface area contributed by atoms with E-state index in [1.165, 1.54) is 0 Å². The minimum Gasteiger partial charge on any atom is -0.489 e. The van der Waals surface area contributed by atoms with E-state index < -0.39 is 0 Å². The molecule has 19 heavy (non-hydrogen) atoms. The summed E-state index contributed by atoms with van der Waals surface area (Å²) >= 11 is 0. The van der Waals surface area contributed by atoms with Crippen molar-refractivity contribution in [3.05, 3.63) is 23.8 Å². The summed E-state index contributed by atoms with van der Waals surface area (Å²) in [5.41, 5.74) is 7.00. The molecule has 0 saturated carbocycles. The van der Waals surface area contributed by atoms with E-state index in [2.05, 4.69) is 0 Å². The molecule has 0 spiro atoms. The molecule has 5 nitrogen and oxygen atoms in total. The van der Waals surface area contributed by atoms with E-state index >= 15 is 0 Å². The Hall–Kier alpha value is -1.75. The summed E-state index contributed by atoms with van der Waals surface area (Å²) in [4.78, 5) is 14.0. The number of nitrogens with two attached hydrogens (primary N) is 1. The Morgan fingerprint density at radius 1 is 1.37 bits per heavy atom. The van der Waals surface area contributed by atoms with Gasteiger partial charge < -0.3 is 20.1 Å². The standard InChI is InChI=1S/C14H20N2O3/c1-10(2)19-13-4-3-11(9-12(13)15)14(17)16-5-7-18-8-6-16/h3-4,9-10H,5-8,15H2,1-2H3. The van der Waals surface area contributed by atoms with Gasteiger partial charge in [0.15, 0.2) is 0 Å². The minimum absolute atomic E-state index is 0.00824. The molecule has 104 valence electrons. The second kappa shape index (κ2) is 5.93. The van der Waals surface area contributed by atoms with Gasteiger partial charge in [-0.3, -0.25) is 4.79 Å². The zero-order valence-electron chi connectivity index (χ0n) is 11.4. The number of carbonyl (C=O) groups is 1. The zero-order chi connectivity index (χ0) is 13.8. The van der Waals surface area contributed by atoms with Crippen LogP contribution in [0.5, 0.6) is 5.75 Å². The molecule has 2 rings (SSSR count). The van der Waals surface area contributed by atoms with Crippen LogP contribution in [-0.4, -0.2) is 43.2 Å². The maximum atomic E-state index is 12.3. The highest BCUT2D eigenvalue weighted by Crippen LogP contribution is 2.24. The van der Waals surface area contributed by atoms with Gasteiger partial charge in [-0.25, -0.2) is 0 Å². The Labute approximate surface area is 113 Å². The molecule has 0 atom stereocenters. The molecule has 1 aliphatic rings. The number of ether oxygens (including phenoxy) is 2. The van der Waals surface area contributed by atoms with Crippen LogP contribution in [0.25, 0.3) is 0 Å². The number of rotatable bonds is 3. The molecule has 2 N–H and O–H groups in total. The summed E-state index contributed by atoms with van der Waals surface area (Å²) in [6, 6.07) is 5.18. The topological polar surface area (TPSA) is 64.8 Å². The van der Waals surface area contributed by atoms with Crippen LogP contribution in [0, 0.1) is 0 Å². The molecule has 5 heteroatoms. The molecule has 1 saturated heterocycles. The number of anilines is 1. The van der Waals surface area contributed by atoms with Gasteiger partial charge in [-0.1, -0.05) is 0 Å². The lowest BCUT2D eigenvalue weighted by atomic mass is 10.1. The third-order valence-corrected chi connectivity index (χ3v) is 2.92. The van der Waals surface area contributed by atoms with Crippen molar-refractivity contribution < 1.29 is 14.3 Å². The van der Waals surface area contributed by atoms with Gasteiger partial charge in [0.05, 0.1) is 25.0 Å². The Morgan fingerprint density at radius 2 is 2.05 bits per heavy atom. The summed E-state index contributed by atoms with van der Waals surface area (Å²) in [5.74, 6) is 0.611. The van der Waals surface area contributed by atoms with Crippen LogP contribution in [0.2, 0.25) is 0 Å². The van der Waals surface area contributed by atoms with Gasteiger partial charge in [0.2, 0.25) is 0 Å². The van der Waals surface area contributed by atoms with Crippen molar-refractivity contribution in [1.82, 2.24) is 4.90 Å². The molecule has 1 heterocycles. The van der Waals surface area contributed by atoms with Crippen molar-refractivity contribution in [3.8, 4) is 5.75 Å². The van der Waals surface area contributed by atoms with E-state index in [4.69, 9.17) is 15.2 Å². The van der Waals surface area contributed by atoms with Crippen molar-refractivity contribution in [2.24, 2.45) is 0 Å². The second-order valence-corrected chi connectivity index (χ2v) is 4.82. The van der Waals surface area contributed by atoms with E-state index in [1.807, 2.05) is 13.8 Å². The first kappa shape index (κ1) is 13.7. The molecule has 1 aromatic rings. The lowest BCUT2D eigenvalue weighted by Gasteiger charge is -2.27. The van der Waals surface area contributed by atoms with Crippen LogP contribution in [0.3, 0.4) is 0 Å². The third kappa shape index (κ3) is 3.38. The average molecular weight is 264 g/mol. The minimum atomic E-state index is -0.00824. The number of amides is 1. The van der Waals surface area contributed by atoms with E-state index in [1.54, 1.807) is 23.1 Å². The van der Waals surface area contributed by atoms with Crippen LogP contribution in [-0.2, 0) is 4.74 Å². The Morgan fingerprint density at radius 3 is 2.63 bits per heavy atom. The van der Waals surface area contributed by atoms with Crippen LogP contribution in [0.15, 0.2) is 18.2 Å². The maximum absolute atomic E-state index is 12.3. The maximum Gasteiger partial charge on any atom is 0.254 e. The van der Waals surface area contributed by atoms with Crippen molar-refractivity contribution in [3.63, 3.8) is 0 Å². The Bertz CT molecular complexity index is 454. The lowest BCUT2D eigenvalue weighted by Crippen LogP contribution is -2.40. The molecule has 1 aromatic carbocycles. The number of morpholine rings is 1. The van der Waals surface area contributed by atoms with Crippen molar-refractivity contribution in [1.29, 1.82) is 0 Å². The molecule has 0 aliphatic carbocycles. The van der Waals surface area contributed by atoms with E-state index in [0.29, 0.717) is 43.3 Å². The molecule has 0 aromatic heterocycles. The van der Waals surface area contributed by atoms with Gasteiger partial charge in [-0.15, -0.1) is 0 Å². The van der Waals surface area contributed by atoms with Crippen LogP contribution in [0.1, 0.15) is 24.2 Å². The Kier molecular flexibility index (Phi) is 4.27. The van der Waals surface area contributed by atoms with Gasteiger partial charge in [-0.05, 0) is 32.0 Å². The highest BCUT2D eigenvalue weighted by molar-refractivity contribution is 5.95. The van der Waals surface area contributed by atoms with E-state index in [0.717, 1.165) is 0 Å². The number of hydrogen-bond donors (Lipinski definition) is 1. The fourth-order valence-electron chi connectivity index (χ4n) is 1.99. The molecular formula is C14H20N2O3.